The Balaban J connectivity index is 1.64. The Bertz CT molecular complexity index is 244. The average molecular weight is 211 g/mol. The third-order valence-electron chi connectivity index (χ3n) is 3.37. The van der Waals surface area contributed by atoms with Crippen molar-refractivity contribution in [3.05, 3.63) is 0 Å². The smallest absolute Gasteiger partial charge is 0.234 e. The van der Waals surface area contributed by atoms with Crippen LogP contribution in [0.3, 0.4) is 0 Å². The number of carbonyl (C=O) groups excluding carboxylic acids is 1. The number of nitrogens with one attached hydrogen (secondary N) is 1. The van der Waals surface area contributed by atoms with Gasteiger partial charge in [0.25, 0.3) is 0 Å². The Hall–Kier alpha value is -0.610. The molecule has 4 nitrogen and oxygen atoms in total. The maximum absolute atomic E-state index is 11.4. The molecule has 4 heteroatoms. The van der Waals surface area contributed by atoms with Gasteiger partial charge in [0.2, 0.25) is 5.91 Å². The van der Waals surface area contributed by atoms with Crippen LogP contribution in [0.15, 0.2) is 0 Å². The first-order chi connectivity index (χ1) is 7.14. The van der Waals surface area contributed by atoms with E-state index in [-0.39, 0.29) is 11.4 Å². The summed E-state index contributed by atoms with van der Waals surface area (Å²) in [6.07, 6.45) is 3.56. The zero-order chi connectivity index (χ0) is 10.9. The minimum absolute atomic E-state index is 0.0328. The predicted octanol–water partition coefficient (Wildman–Crippen LogP) is -0.0643. The number of amides is 1. The van der Waals surface area contributed by atoms with E-state index in [1.807, 2.05) is 0 Å². The largest absolute Gasteiger partial charge is 0.355 e. The van der Waals surface area contributed by atoms with Crippen molar-refractivity contribution in [1.29, 1.82) is 0 Å². The van der Waals surface area contributed by atoms with Crippen LogP contribution >= 0.6 is 0 Å². The number of hydrogen-bond donors (Lipinski definition) is 2. The highest BCUT2D eigenvalue weighted by Gasteiger charge is 2.50. The first-order valence-corrected chi connectivity index (χ1v) is 5.92. The molecule has 2 aliphatic rings. The van der Waals surface area contributed by atoms with Crippen molar-refractivity contribution in [2.24, 2.45) is 11.7 Å². The molecule has 0 aromatic carbocycles. The van der Waals surface area contributed by atoms with Crippen molar-refractivity contribution in [1.82, 2.24) is 10.2 Å². The van der Waals surface area contributed by atoms with Gasteiger partial charge in [-0.2, -0.15) is 0 Å². The molecule has 2 fully saturated rings. The molecule has 0 aromatic rings. The molecular formula is C11H21N3O. The van der Waals surface area contributed by atoms with Gasteiger partial charge in [0.05, 0.1) is 6.54 Å². The lowest BCUT2D eigenvalue weighted by atomic mass is 9.86. The first-order valence-electron chi connectivity index (χ1n) is 5.92. The van der Waals surface area contributed by atoms with Crippen LogP contribution in [0.5, 0.6) is 0 Å². The third kappa shape index (κ3) is 2.49. The summed E-state index contributed by atoms with van der Waals surface area (Å²) in [7, 11) is 0. The Morgan fingerprint density at radius 3 is 2.73 bits per heavy atom. The quantitative estimate of drug-likeness (QED) is 0.669. The summed E-state index contributed by atoms with van der Waals surface area (Å²) in [5.74, 6) is 0.863. The standard InChI is InChI=1S/C11H21N3O/c1-2-5-13-10(15)6-14-7-11(12,8-14)9-3-4-9/h9H,2-8,12H2,1H3,(H,13,15). The lowest BCUT2D eigenvalue weighted by Crippen LogP contribution is -2.69. The number of nitrogens with zero attached hydrogens (tertiary/aromatic N) is 1. The third-order valence-corrected chi connectivity index (χ3v) is 3.37. The van der Waals surface area contributed by atoms with Gasteiger partial charge < -0.3 is 11.1 Å². The van der Waals surface area contributed by atoms with Gasteiger partial charge in [-0.1, -0.05) is 6.92 Å². The molecule has 0 unspecified atom stereocenters. The molecule has 0 radical (unpaired) electrons. The van der Waals surface area contributed by atoms with Gasteiger partial charge in [-0.25, -0.2) is 0 Å². The van der Waals surface area contributed by atoms with E-state index in [1.165, 1.54) is 12.8 Å². The average Bonchev–Trinajstić information content (AvgIpc) is 2.95. The Morgan fingerprint density at radius 2 is 2.20 bits per heavy atom. The highest BCUT2D eigenvalue weighted by Crippen LogP contribution is 2.42. The second kappa shape index (κ2) is 4.10. The molecule has 1 aliphatic heterocycles. The van der Waals surface area contributed by atoms with Gasteiger partial charge in [-0.3, -0.25) is 9.69 Å². The normalized spacial score (nSPS) is 24.7. The summed E-state index contributed by atoms with van der Waals surface area (Å²) in [5.41, 5.74) is 6.23. The molecule has 2 rings (SSSR count). The van der Waals surface area contributed by atoms with E-state index >= 15 is 0 Å². The molecule has 1 saturated heterocycles. The van der Waals surface area contributed by atoms with Crippen LogP contribution in [0, 0.1) is 5.92 Å². The van der Waals surface area contributed by atoms with Gasteiger partial charge in [-0.15, -0.1) is 0 Å². The number of hydrogen-bond acceptors (Lipinski definition) is 3. The van der Waals surface area contributed by atoms with Crippen molar-refractivity contribution >= 4 is 5.91 Å². The van der Waals surface area contributed by atoms with Crippen molar-refractivity contribution in [2.75, 3.05) is 26.2 Å². The number of rotatable bonds is 5. The van der Waals surface area contributed by atoms with Gasteiger partial charge in [-0.05, 0) is 25.2 Å². The van der Waals surface area contributed by atoms with E-state index in [0.29, 0.717) is 6.54 Å². The summed E-state index contributed by atoms with van der Waals surface area (Å²) >= 11 is 0. The Kier molecular flexibility index (Phi) is 2.98. The maximum atomic E-state index is 11.4. The molecule has 15 heavy (non-hydrogen) atoms. The van der Waals surface area contributed by atoms with Crippen molar-refractivity contribution in [3.63, 3.8) is 0 Å². The summed E-state index contributed by atoms with van der Waals surface area (Å²) in [6, 6.07) is 0. The summed E-state index contributed by atoms with van der Waals surface area (Å²) in [4.78, 5) is 13.6. The molecular weight excluding hydrogens is 190 g/mol. The van der Waals surface area contributed by atoms with Crippen LogP contribution < -0.4 is 11.1 Å². The lowest BCUT2D eigenvalue weighted by Gasteiger charge is -2.48. The van der Waals surface area contributed by atoms with Gasteiger partial charge in [0.1, 0.15) is 0 Å². The fourth-order valence-electron chi connectivity index (χ4n) is 2.34. The molecule has 0 bridgehead atoms. The van der Waals surface area contributed by atoms with Gasteiger partial charge in [0, 0.05) is 25.2 Å². The molecule has 1 amide bonds. The Labute approximate surface area is 91.2 Å². The number of likely N-dealkylation sites (tertiary alicyclic amines) is 1. The summed E-state index contributed by atoms with van der Waals surface area (Å²) in [5, 5.41) is 2.88. The lowest BCUT2D eigenvalue weighted by molar-refractivity contribution is -0.124. The van der Waals surface area contributed by atoms with Gasteiger partial charge in [0.15, 0.2) is 0 Å². The van der Waals surface area contributed by atoms with E-state index in [0.717, 1.165) is 32.0 Å². The maximum Gasteiger partial charge on any atom is 0.234 e. The van der Waals surface area contributed by atoms with E-state index < -0.39 is 0 Å². The first kappa shape index (κ1) is 10.9. The van der Waals surface area contributed by atoms with Crippen molar-refractivity contribution in [3.8, 4) is 0 Å². The fraction of sp³-hybridized carbons (Fsp3) is 0.909. The fourth-order valence-corrected chi connectivity index (χ4v) is 2.34. The van der Waals surface area contributed by atoms with E-state index in [2.05, 4.69) is 17.1 Å². The van der Waals surface area contributed by atoms with Crippen LogP contribution in [-0.2, 0) is 4.79 Å². The molecule has 3 N–H and O–H groups in total. The van der Waals surface area contributed by atoms with Crippen LogP contribution in [-0.4, -0.2) is 42.5 Å². The van der Waals surface area contributed by atoms with Crippen LogP contribution in [0.4, 0.5) is 0 Å². The van der Waals surface area contributed by atoms with Gasteiger partial charge >= 0.3 is 0 Å². The molecule has 0 spiro atoms. The monoisotopic (exact) mass is 211 g/mol. The zero-order valence-corrected chi connectivity index (χ0v) is 9.46. The second-order valence-electron chi connectivity index (χ2n) is 5.00. The van der Waals surface area contributed by atoms with Crippen LogP contribution in [0.1, 0.15) is 26.2 Å². The molecule has 0 atom stereocenters. The van der Waals surface area contributed by atoms with Crippen molar-refractivity contribution in [2.45, 2.75) is 31.7 Å². The predicted molar refractivity (Wildman–Crippen MR) is 59.4 cm³/mol. The van der Waals surface area contributed by atoms with Crippen LogP contribution in [0.2, 0.25) is 0 Å². The Morgan fingerprint density at radius 1 is 1.53 bits per heavy atom. The van der Waals surface area contributed by atoms with Crippen LogP contribution in [0.25, 0.3) is 0 Å². The topological polar surface area (TPSA) is 58.4 Å². The minimum atomic E-state index is 0.0328. The highest BCUT2D eigenvalue weighted by molar-refractivity contribution is 5.78. The van der Waals surface area contributed by atoms with E-state index in [4.69, 9.17) is 5.73 Å². The van der Waals surface area contributed by atoms with E-state index in [9.17, 15) is 4.79 Å². The molecule has 1 saturated carbocycles. The second-order valence-corrected chi connectivity index (χ2v) is 5.00. The molecule has 0 aromatic heterocycles. The molecule has 1 heterocycles. The zero-order valence-electron chi connectivity index (χ0n) is 9.46. The summed E-state index contributed by atoms with van der Waals surface area (Å²) < 4.78 is 0. The number of nitrogens with two attached hydrogens (primary N) is 1. The molecule has 1 aliphatic carbocycles. The molecule has 86 valence electrons. The highest BCUT2D eigenvalue weighted by atomic mass is 16.2. The van der Waals surface area contributed by atoms with Crippen molar-refractivity contribution < 1.29 is 4.79 Å². The SMILES string of the molecule is CCCNC(=O)CN1CC(N)(C2CC2)C1. The number of carbonyl (C=O) groups is 1. The minimum Gasteiger partial charge on any atom is -0.355 e. The summed E-state index contributed by atoms with van der Waals surface area (Å²) in [6.45, 7) is 5.16. The van der Waals surface area contributed by atoms with E-state index in [1.54, 1.807) is 0 Å².